The molecule has 1 heterocycles. The summed E-state index contributed by atoms with van der Waals surface area (Å²) in [5.41, 5.74) is -0.821. The second-order valence-corrected chi connectivity index (χ2v) is 4.80. The lowest BCUT2D eigenvalue weighted by Gasteiger charge is -2.15. The summed E-state index contributed by atoms with van der Waals surface area (Å²) in [6.45, 7) is 1.89. The van der Waals surface area contributed by atoms with Gasteiger partial charge < -0.3 is 10.2 Å². The van der Waals surface area contributed by atoms with Crippen LogP contribution in [0.15, 0.2) is 15.8 Å². The third kappa shape index (κ3) is 2.05. The second-order valence-electron chi connectivity index (χ2n) is 4.80. The Morgan fingerprint density at radius 3 is 2.76 bits per heavy atom. The van der Waals surface area contributed by atoms with Crippen LogP contribution in [0.25, 0.3) is 0 Å². The van der Waals surface area contributed by atoms with E-state index in [4.69, 9.17) is 5.11 Å². The molecule has 2 rings (SSSR count). The lowest BCUT2D eigenvalue weighted by molar-refractivity contribution is 0.156. The van der Waals surface area contributed by atoms with Crippen molar-refractivity contribution >= 4 is 0 Å². The summed E-state index contributed by atoms with van der Waals surface area (Å²) >= 11 is 0. The van der Waals surface area contributed by atoms with Crippen molar-refractivity contribution in [3.05, 3.63) is 32.6 Å². The van der Waals surface area contributed by atoms with Crippen LogP contribution in [-0.4, -0.2) is 33.0 Å². The van der Waals surface area contributed by atoms with Gasteiger partial charge in [0.1, 0.15) is 0 Å². The predicted molar refractivity (Wildman–Crippen MR) is 60.8 cm³/mol. The highest BCUT2D eigenvalue weighted by atomic mass is 16.3. The van der Waals surface area contributed by atoms with Crippen LogP contribution in [0, 0.1) is 18.3 Å². The first kappa shape index (κ1) is 12.1. The molecule has 0 radical (unpaired) electrons. The third-order valence-electron chi connectivity index (χ3n) is 3.57. The molecular weight excluding hydrogens is 224 g/mol. The van der Waals surface area contributed by atoms with Gasteiger partial charge in [-0.2, -0.15) is 0 Å². The number of H-pyrrole nitrogens is 1. The summed E-state index contributed by atoms with van der Waals surface area (Å²) in [5.74, 6) is 0.0339. The highest BCUT2D eigenvalue weighted by Gasteiger charge is 2.53. The Kier molecular flexibility index (Phi) is 2.92. The van der Waals surface area contributed by atoms with Gasteiger partial charge in [0, 0.05) is 30.3 Å². The highest BCUT2D eigenvalue weighted by Crippen LogP contribution is 2.52. The average Bonchev–Trinajstić information content (AvgIpc) is 3.00. The van der Waals surface area contributed by atoms with E-state index in [1.165, 1.54) is 10.8 Å². The van der Waals surface area contributed by atoms with Crippen LogP contribution in [0.3, 0.4) is 0 Å². The summed E-state index contributed by atoms with van der Waals surface area (Å²) in [6, 6.07) is 0. The molecule has 2 atom stereocenters. The lowest BCUT2D eigenvalue weighted by Crippen LogP contribution is -2.34. The second kappa shape index (κ2) is 4.12. The molecule has 1 saturated carbocycles. The largest absolute Gasteiger partial charge is 0.396 e. The number of hydrogen-bond acceptors (Lipinski definition) is 4. The molecule has 0 saturated heterocycles. The van der Waals surface area contributed by atoms with E-state index in [0.29, 0.717) is 18.5 Å². The Hall–Kier alpha value is -1.40. The molecule has 0 aliphatic heterocycles. The molecule has 0 spiro atoms. The SMILES string of the molecule is Cc1cn(C[C@]2(CO)C[C@@H]2CO)c(=O)[nH]c1=O. The molecule has 0 aromatic carbocycles. The number of aromatic nitrogens is 2. The van der Waals surface area contributed by atoms with Crippen LogP contribution in [0.5, 0.6) is 0 Å². The molecule has 6 nitrogen and oxygen atoms in total. The normalized spacial score (nSPS) is 27.1. The fourth-order valence-corrected chi connectivity index (χ4v) is 2.20. The number of aliphatic hydroxyl groups excluding tert-OH is 2. The van der Waals surface area contributed by atoms with Crippen molar-refractivity contribution in [2.24, 2.45) is 11.3 Å². The number of aliphatic hydroxyl groups is 2. The van der Waals surface area contributed by atoms with Gasteiger partial charge in [-0.3, -0.25) is 14.3 Å². The van der Waals surface area contributed by atoms with E-state index < -0.39 is 11.1 Å². The van der Waals surface area contributed by atoms with Crippen molar-refractivity contribution in [3.8, 4) is 0 Å². The van der Waals surface area contributed by atoms with Gasteiger partial charge in [-0.05, 0) is 19.3 Å². The monoisotopic (exact) mass is 240 g/mol. The maximum absolute atomic E-state index is 11.6. The number of rotatable bonds is 4. The number of aryl methyl sites for hydroxylation is 1. The third-order valence-corrected chi connectivity index (χ3v) is 3.57. The van der Waals surface area contributed by atoms with E-state index in [2.05, 4.69) is 4.98 Å². The summed E-state index contributed by atoms with van der Waals surface area (Å²) in [5, 5.41) is 18.4. The van der Waals surface area contributed by atoms with Crippen LogP contribution in [-0.2, 0) is 6.54 Å². The molecule has 1 aliphatic carbocycles. The number of aromatic amines is 1. The van der Waals surface area contributed by atoms with E-state index in [1.54, 1.807) is 6.92 Å². The minimum atomic E-state index is -0.475. The van der Waals surface area contributed by atoms with Gasteiger partial charge in [0.05, 0.1) is 6.61 Å². The van der Waals surface area contributed by atoms with Gasteiger partial charge in [0.15, 0.2) is 0 Å². The zero-order valence-electron chi connectivity index (χ0n) is 9.64. The zero-order valence-corrected chi connectivity index (χ0v) is 9.64. The maximum atomic E-state index is 11.6. The first-order valence-electron chi connectivity index (χ1n) is 5.54. The van der Waals surface area contributed by atoms with Crippen molar-refractivity contribution < 1.29 is 10.2 Å². The van der Waals surface area contributed by atoms with Gasteiger partial charge in [0.2, 0.25) is 0 Å². The van der Waals surface area contributed by atoms with Gasteiger partial charge >= 0.3 is 5.69 Å². The fourth-order valence-electron chi connectivity index (χ4n) is 2.20. The molecule has 0 amide bonds. The van der Waals surface area contributed by atoms with E-state index in [-0.39, 0.29) is 24.7 Å². The summed E-state index contributed by atoms with van der Waals surface area (Å²) in [4.78, 5) is 25.0. The van der Waals surface area contributed by atoms with E-state index >= 15 is 0 Å². The van der Waals surface area contributed by atoms with Crippen LogP contribution in [0.2, 0.25) is 0 Å². The van der Waals surface area contributed by atoms with Crippen molar-refractivity contribution in [1.82, 2.24) is 9.55 Å². The molecular formula is C11H16N2O4. The minimum Gasteiger partial charge on any atom is -0.396 e. The minimum absolute atomic E-state index is 0.0116. The van der Waals surface area contributed by atoms with Crippen LogP contribution >= 0.6 is 0 Å². The molecule has 0 bridgehead atoms. The summed E-state index contributed by atoms with van der Waals surface area (Å²) in [6.07, 6.45) is 2.19. The molecule has 1 fully saturated rings. The van der Waals surface area contributed by atoms with Crippen LogP contribution in [0.1, 0.15) is 12.0 Å². The van der Waals surface area contributed by atoms with Crippen LogP contribution in [0.4, 0.5) is 0 Å². The Labute approximate surface area is 97.5 Å². The number of nitrogens with zero attached hydrogens (tertiary/aromatic N) is 1. The van der Waals surface area contributed by atoms with Gasteiger partial charge in [0.25, 0.3) is 5.56 Å². The summed E-state index contributed by atoms with van der Waals surface area (Å²) < 4.78 is 1.39. The Morgan fingerprint density at radius 1 is 1.53 bits per heavy atom. The fraction of sp³-hybridized carbons (Fsp3) is 0.636. The van der Waals surface area contributed by atoms with Crippen molar-refractivity contribution in [2.45, 2.75) is 19.9 Å². The maximum Gasteiger partial charge on any atom is 0.328 e. The smallest absolute Gasteiger partial charge is 0.328 e. The molecule has 94 valence electrons. The van der Waals surface area contributed by atoms with E-state index in [1.807, 2.05) is 0 Å². The van der Waals surface area contributed by atoms with Crippen molar-refractivity contribution in [1.29, 1.82) is 0 Å². The first-order valence-corrected chi connectivity index (χ1v) is 5.54. The van der Waals surface area contributed by atoms with Gasteiger partial charge in [-0.1, -0.05) is 0 Å². The molecule has 1 aliphatic rings. The van der Waals surface area contributed by atoms with Crippen molar-refractivity contribution in [3.63, 3.8) is 0 Å². The first-order chi connectivity index (χ1) is 8.02. The quantitative estimate of drug-likeness (QED) is 0.618. The average molecular weight is 240 g/mol. The molecule has 1 aromatic rings. The molecule has 6 heteroatoms. The molecule has 1 aromatic heterocycles. The molecule has 0 unspecified atom stereocenters. The van der Waals surface area contributed by atoms with Gasteiger partial charge in [-0.25, -0.2) is 4.79 Å². The Morgan fingerprint density at radius 2 is 2.24 bits per heavy atom. The number of nitrogens with one attached hydrogen (secondary N) is 1. The lowest BCUT2D eigenvalue weighted by atomic mass is 10.1. The number of hydrogen-bond donors (Lipinski definition) is 3. The van der Waals surface area contributed by atoms with E-state index in [9.17, 15) is 14.7 Å². The molecule has 3 N–H and O–H groups in total. The van der Waals surface area contributed by atoms with E-state index in [0.717, 1.165) is 0 Å². The molecule has 17 heavy (non-hydrogen) atoms. The highest BCUT2D eigenvalue weighted by molar-refractivity contribution is 5.05. The zero-order chi connectivity index (χ0) is 12.6. The Balaban J connectivity index is 2.28. The predicted octanol–water partition coefficient (Wildman–Crippen LogP) is -1.16. The standard InChI is InChI=1S/C11H16N2O4/c1-7-3-13(10(17)12-9(7)16)5-11(6-15)2-8(11)4-14/h3,8,14-15H,2,4-6H2,1H3,(H,12,16,17)/t8-,11+/m1/s1. The van der Waals surface area contributed by atoms with Crippen molar-refractivity contribution in [2.75, 3.05) is 13.2 Å². The van der Waals surface area contributed by atoms with Gasteiger partial charge in [-0.15, -0.1) is 0 Å². The topological polar surface area (TPSA) is 95.3 Å². The summed E-state index contributed by atoms with van der Waals surface area (Å²) in [7, 11) is 0. The van der Waals surface area contributed by atoms with Crippen LogP contribution < -0.4 is 11.2 Å². The Bertz CT molecular complexity index is 533.